The van der Waals surface area contributed by atoms with E-state index >= 15 is 0 Å². The van der Waals surface area contributed by atoms with Crippen LogP contribution < -0.4 is 10.6 Å². The maximum atomic E-state index is 13.1. The Balaban J connectivity index is 1.39. The van der Waals surface area contributed by atoms with Gasteiger partial charge in [-0.3, -0.25) is 9.59 Å². The van der Waals surface area contributed by atoms with Gasteiger partial charge in [0, 0.05) is 48.4 Å². The number of piperazine rings is 1. The van der Waals surface area contributed by atoms with Gasteiger partial charge in [-0.05, 0) is 48.3 Å². The number of benzene rings is 2. The first kappa shape index (κ1) is 24.7. The van der Waals surface area contributed by atoms with Crippen molar-refractivity contribution < 1.29 is 19.1 Å². The van der Waals surface area contributed by atoms with E-state index in [0.717, 1.165) is 43.0 Å². The van der Waals surface area contributed by atoms with Gasteiger partial charge < -0.3 is 25.2 Å². The molecular weight excluding hydrogens is 488 g/mol. The van der Waals surface area contributed by atoms with Crippen molar-refractivity contribution >= 4 is 51.8 Å². The number of hydrogen-bond acceptors (Lipinski definition) is 7. The first-order valence-electron chi connectivity index (χ1n) is 12.1. The largest absolute Gasteiger partial charge is 0.465 e. The molecule has 0 saturated carbocycles. The minimum absolute atomic E-state index is 0.139. The average molecular weight is 517 g/mol. The SMILES string of the molecule is COC(=O)c1ccc2c(c1)NC(=O)C2=C(Nc1ccc(CC(=O)N2CCN(C)CC2)cc1)c1ccsc1. The molecule has 190 valence electrons. The van der Waals surface area contributed by atoms with Gasteiger partial charge in [0.1, 0.15) is 0 Å². The predicted molar refractivity (Wildman–Crippen MR) is 145 cm³/mol. The number of nitrogens with one attached hydrogen (secondary N) is 2. The number of carbonyl (C=O) groups is 3. The van der Waals surface area contributed by atoms with Crippen molar-refractivity contribution in [2.24, 2.45) is 0 Å². The summed E-state index contributed by atoms with van der Waals surface area (Å²) in [4.78, 5) is 41.9. The first-order chi connectivity index (χ1) is 17.9. The zero-order valence-corrected chi connectivity index (χ0v) is 21.6. The van der Waals surface area contributed by atoms with E-state index in [-0.39, 0.29) is 11.8 Å². The van der Waals surface area contributed by atoms with Crippen LogP contribution in [0.15, 0.2) is 59.3 Å². The van der Waals surface area contributed by atoms with E-state index in [9.17, 15) is 14.4 Å². The van der Waals surface area contributed by atoms with Crippen LogP contribution in [0.3, 0.4) is 0 Å². The maximum Gasteiger partial charge on any atom is 0.337 e. The van der Waals surface area contributed by atoms with Crippen molar-refractivity contribution in [2.75, 3.05) is 51.0 Å². The molecule has 2 aliphatic rings. The second kappa shape index (κ2) is 10.6. The average Bonchev–Trinajstić information content (AvgIpc) is 3.55. The highest BCUT2D eigenvalue weighted by atomic mass is 32.1. The molecule has 2 aromatic carbocycles. The number of hydrogen-bond donors (Lipinski definition) is 2. The highest BCUT2D eigenvalue weighted by molar-refractivity contribution is 7.08. The summed E-state index contributed by atoms with van der Waals surface area (Å²) in [5.74, 6) is -0.572. The van der Waals surface area contributed by atoms with Crippen molar-refractivity contribution in [3.8, 4) is 0 Å². The van der Waals surface area contributed by atoms with Crippen LogP contribution in [0.4, 0.5) is 11.4 Å². The molecule has 1 saturated heterocycles. The monoisotopic (exact) mass is 516 g/mol. The van der Waals surface area contributed by atoms with E-state index in [0.29, 0.717) is 34.5 Å². The van der Waals surface area contributed by atoms with Crippen molar-refractivity contribution in [1.29, 1.82) is 0 Å². The van der Waals surface area contributed by atoms with Gasteiger partial charge in [-0.15, -0.1) is 0 Å². The number of fused-ring (bicyclic) bond motifs is 1. The van der Waals surface area contributed by atoms with Crippen LogP contribution in [0.1, 0.15) is 27.0 Å². The number of thiophene rings is 1. The van der Waals surface area contributed by atoms with Gasteiger partial charge in [0.2, 0.25) is 5.91 Å². The van der Waals surface area contributed by atoms with Gasteiger partial charge >= 0.3 is 5.97 Å². The summed E-state index contributed by atoms with van der Waals surface area (Å²) in [7, 11) is 3.40. The summed E-state index contributed by atoms with van der Waals surface area (Å²) in [5, 5.41) is 10.2. The van der Waals surface area contributed by atoms with Crippen LogP contribution in [-0.2, 0) is 20.7 Å². The fraction of sp³-hybridized carbons (Fsp3) is 0.250. The van der Waals surface area contributed by atoms with E-state index in [2.05, 4.69) is 22.6 Å². The Labute approximate surface area is 219 Å². The summed E-state index contributed by atoms with van der Waals surface area (Å²) in [5.41, 5.74) is 5.44. The van der Waals surface area contributed by atoms with Gasteiger partial charge in [-0.25, -0.2) is 4.79 Å². The number of methoxy groups -OCH3 is 1. The minimum Gasteiger partial charge on any atom is -0.465 e. The molecule has 37 heavy (non-hydrogen) atoms. The molecule has 2 aliphatic heterocycles. The molecule has 0 radical (unpaired) electrons. The minimum atomic E-state index is -0.461. The van der Waals surface area contributed by atoms with Crippen molar-refractivity contribution in [1.82, 2.24) is 9.80 Å². The van der Waals surface area contributed by atoms with E-state index < -0.39 is 5.97 Å². The summed E-state index contributed by atoms with van der Waals surface area (Å²) in [6, 6.07) is 14.7. The smallest absolute Gasteiger partial charge is 0.337 e. The lowest BCUT2D eigenvalue weighted by Gasteiger charge is -2.32. The van der Waals surface area contributed by atoms with Gasteiger partial charge in [-0.2, -0.15) is 11.3 Å². The second-order valence-corrected chi connectivity index (χ2v) is 9.93. The molecule has 8 nitrogen and oxygen atoms in total. The number of carbonyl (C=O) groups excluding carboxylic acids is 3. The predicted octanol–water partition coefficient (Wildman–Crippen LogP) is 3.78. The lowest BCUT2D eigenvalue weighted by molar-refractivity contribution is -0.132. The Kier molecular flexibility index (Phi) is 7.07. The first-order valence-corrected chi connectivity index (χ1v) is 13.0. The van der Waals surface area contributed by atoms with Crippen LogP contribution >= 0.6 is 11.3 Å². The number of rotatable bonds is 6. The van der Waals surface area contributed by atoms with E-state index in [1.54, 1.807) is 18.2 Å². The summed E-state index contributed by atoms with van der Waals surface area (Å²) < 4.78 is 4.81. The standard InChI is InChI=1S/C28H28N4O4S/c1-31-10-12-32(13-11-31)24(33)15-18-3-6-21(7-4-18)29-26(20-9-14-37-17-20)25-22-8-5-19(28(35)36-2)16-23(22)30-27(25)34/h3-9,14,16-17,29H,10-13,15H2,1-2H3,(H,30,34). The third-order valence-corrected chi connectivity index (χ3v) is 7.36. The summed E-state index contributed by atoms with van der Waals surface area (Å²) in [6.45, 7) is 3.32. The Hall–Kier alpha value is -3.95. The molecule has 1 aromatic heterocycles. The Bertz CT molecular complexity index is 1360. The molecule has 3 aromatic rings. The Morgan fingerprint density at radius 1 is 1.03 bits per heavy atom. The van der Waals surface area contributed by atoms with Gasteiger partial charge in [-0.1, -0.05) is 18.2 Å². The Morgan fingerprint density at radius 3 is 2.46 bits per heavy atom. The van der Waals surface area contributed by atoms with Crippen LogP contribution in [-0.4, -0.2) is 67.9 Å². The zero-order chi connectivity index (χ0) is 25.9. The highest BCUT2D eigenvalue weighted by Crippen LogP contribution is 2.38. The molecule has 5 rings (SSSR count). The van der Waals surface area contributed by atoms with E-state index in [1.807, 2.05) is 46.0 Å². The highest BCUT2D eigenvalue weighted by Gasteiger charge is 2.29. The lowest BCUT2D eigenvalue weighted by Crippen LogP contribution is -2.47. The molecule has 0 bridgehead atoms. The van der Waals surface area contributed by atoms with E-state index in [4.69, 9.17) is 4.74 Å². The summed E-state index contributed by atoms with van der Waals surface area (Å²) >= 11 is 1.54. The molecule has 0 aliphatic carbocycles. The van der Waals surface area contributed by atoms with Crippen molar-refractivity contribution in [3.05, 3.63) is 81.5 Å². The van der Waals surface area contributed by atoms with Crippen LogP contribution in [0, 0.1) is 0 Å². The molecule has 1 fully saturated rings. The molecule has 2 amide bonds. The number of likely N-dealkylation sites (N-methyl/N-ethyl adjacent to an activating group) is 1. The summed E-state index contributed by atoms with van der Waals surface area (Å²) in [6.07, 6.45) is 0.362. The Morgan fingerprint density at radius 2 is 1.78 bits per heavy atom. The normalized spacial score (nSPS) is 16.7. The fourth-order valence-corrected chi connectivity index (χ4v) is 5.19. The molecule has 9 heteroatoms. The van der Waals surface area contributed by atoms with Crippen LogP contribution in [0.5, 0.6) is 0 Å². The lowest BCUT2D eigenvalue weighted by atomic mass is 10.00. The van der Waals surface area contributed by atoms with Crippen LogP contribution in [0.25, 0.3) is 11.3 Å². The number of anilines is 2. The van der Waals surface area contributed by atoms with Gasteiger partial charge in [0.05, 0.1) is 36.1 Å². The van der Waals surface area contributed by atoms with Gasteiger partial charge in [0.25, 0.3) is 5.91 Å². The topological polar surface area (TPSA) is 91.0 Å². The quantitative estimate of drug-likeness (QED) is 0.383. The maximum absolute atomic E-state index is 13.1. The second-order valence-electron chi connectivity index (χ2n) is 9.15. The molecule has 3 heterocycles. The van der Waals surface area contributed by atoms with Crippen molar-refractivity contribution in [2.45, 2.75) is 6.42 Å². The number of nitrogens with zero attached hydrogens (tertiary/aromatic N) is 2. The van der Waals surface area contributed by atoms with E-state index in [1.165, 1.54) is 18.4 Å². The number of ether oxygens (including phenoxy) is 1. The number of esters is 1. The molecular formula is C28H28N4O4S. The van der Waals surface area contributed by atoms with Crippen LogP contribution in [0.2, 0.25) is 0 Å². The fourth-order valence-electron chi connectivity index (χ4n) is 4.54. The van der Waals surface area contributed by atoms with Gasteiger partial charge in [0.15, 0.2) is 0 Å². The molecule has 0 spiro atoms. The number of amides is 2. The third-order valence-electron chi connectivity index (χ3n) is 6.68. The van der Waals surface area contributed by atoms with Crippen molar-refractivity contribution in [3.63, 3.8) is 0 Å². The molecule has 0 unspecified atom stereocenters. The third kappa shape index (κ3) is 5.28. The zero-order valence-electron chi connectivity index (χ0n) is 20.7. The molecule has 2 N–H and O–H groups in total. The molecule has 0 atom stereocenters.